The Morgan fingerprint density at radius 3 is 2.67 bits per heavy atom. The van der Waals surface area contributed by atoms with Crippen LogP contribution in [0.15, 0.2) is 18.2 Å². The van der Waals surface area contributed by atoms with Crippen molar-refractivity contribution in [1.29, 1.82) is 0 Å². The fraction of sp³-hybridized carbons (Fsp3) is 0.571. The van der Waals surface area contributed by atoms with Crippen molar-refractivity contribution < 1.29 is 13.9 Å². The molecule has 2 unspecified atom stereocenters. The molecule has 0 aliphatic rings. The number of aliphatic hydroxyl groups is 1. The Kier molecular flexibility index (Phi) is 5.23. The van der Waals surface area contributed by atoms with Gasteiger partial charge in [0.15, 0.2) is 11.6 Å². The van der Waals surface area contributed by atoms with Gasteiger partial charge in [0.05, 0.1) is 5.60 Å². The van der Waals surface area contributed by atoms with Gasteiger partial charge in [-0.15, -0.1) is 0 Å². The Hall–Kier alpha value is -1.00. The Bertz CT molecular complexity index is 393. The SMILES string of the molecule is CCCC(C)(O)CNC(C)c1cccc(F)c1F. The molecule has 0 amide bonds. The van der Waals surface area contributed by atoms with Crippen molar-refractivity contribution in [3.05, 3.63) is 35.4 Å². The van der Waals surface area contributed by atoms with E-state index in [0.717, 1.165) is 12.5 Å². The summed E-state index contributed by atoms with van der Waals surface area (Å²) < 4.78 is 26.6. The van der Waals surface area contributed by atoms with Gasteiger partial charge in [-0.2, -0.15) is 0 Å². The first-order chi connectivity index (χ1) is 8.37. The van der Waals surface area contributed by atoms with Crippen LogP contribution in [0.5, 0.6) is 0 Å². The van der Waals surface area contributed by atoms with E-state index in [0.29, 0.717) is 13.0 Å². The molecule has 2 N–H and O–H groups in total. The Balaban J connectivity index is 2.66. The standard InChI is InChI=1S/C14H21F2NO/c1-4-8-14(3,18)9-17-10(2)11-6-5-7-12(15)13(11)16/h5-7,10,17-18H,4,8-9H2,1-3H3. The molecule has 0 saturated carbocycles. The summed E-state index contributed by atoms with van der Waals surface area (Å²) in [4.78, 5) is 0. The zero-order valence-electron chi connectivity index (χ0n) is 11.1. The number of nitrogens with one attached hydrogen (secondary N) is 1. The molecule has 1 aromatic carbocycles. The van der Waals surface area contributed by atoms with Crippen molar-refractivity contribution in [1.82, 2.24) is 5.32 Å². The zero-order chi connectivity index (χ0) is 13.8. The van der Waals surface area contributed by atoms with Gasteiger partial charge in [0.2, 0.25) is 0 Å². The van der Waals surface area contributed by atoms with E-state index in [4.69, 9.17) is 0 Å². The zero-order valence-corrected chi connectivity index (χ0v) is 11.1. The van der Waals surface area contributed by atoms with E-state index in [1.165, 1.54) is 6.07 Å². The highest BCUT2D eigenvalue weighted by molar-refractivity contribution is 5.22. The minimum absolute atomic E-state index is 0.280. The normalized spacial score (nSPS) is 16.3. The van der Waals surface area contributed by atoms with Crippen molar-refractivity contribution in [2.24, 2.45) is 0 Å². The number of benzene rings is 1. The lowest BCUT2D eigenvalue weighted by Crippen LogP contribution is -2.38. The lowest BCUT2D eigenvalue weighted by molar-refractivity contribution is 0.0475. The van der Waals surface area contributed by atoms with Crippen LogP contribution in [0.2, 0.25) is 0 Å². The maximum atomic E-state index is 13.5. The summed E-state index contributed by atoms with van der Waals surface area (Å²) in [6, 6.07) is 3.78. The van der Waals surface area contributed by atoms with Gasteiger partial charge in [-0.05, 0) is 26.3 Å². The van der Waals surface area contributed by atoms with Crippen LogP contribution in [0.4, 0.5) is 8.78 Å². The van der Waals surface area contributed by atoms with Crippen LogP contribution in [0.3, 0.4) is 0 Å². The summed E-state index contributed by atoms with van der Waals surface area (Å²) in [7, 11) is 0. The lowest BCUT2D eigenvalue weighted by Gasteiger charge is -2.26. The molecule has 0 saturated heterocycles. The second-order valence-electron chi connectivity index (χ2n) is 4.99. The van der Waals surface area contributed by atoms with Gasteiger partial charge in [0, 0.05) is 18.2 Å². The minimum atomic E-state index is -0.846. The van der Waals surface area contributed by atoms with Crippen molar-refractivity contribution in [2.45, 2.75) is 45.3 Å². The molecular formula is C14H21F2NO. The highest BCUT2D eigenvalue weighted by Gasteiger charge is 2.21. The molecular weight excluding hydrogens is 236 g/mol. The first-order valence-electron chi connectivity index (χ1n) is 6.27. The minimum Gasteiger partial charge on any atom is -0.389 e. The molecule has 4 heteroatoms. The average Bonchev–Trinajstić information content (AvgIpc) is 2.30. The molecule has 0 spiro atoms. The molecule has 1 rings (SSSR count). The van der Waals surface area contributed by atoms with Crippen LogP contribution in [0.1, 0.15) is 45.2 Å². The molecule has 0 aromatic heterocycles. The molecule has 2 nitrogen and oxygen atoms in total. The topological polar surface area (TPSA) is 32.3 Å². The van der Waals surface area contributed by atoms with Crippen LogP contribution in [-0.2, 0) is 0 Å². The van der Waals surface area contributed by atoms with Crippen LogP contribution >= 0.6 is 0 Å². The van der Waals surface area contributed by atoms with Gasteiger partial charge in [-0.25, -0.2) is 8.78 Å². The van der Waals surface area contributed by atoms with E-state index in [1.807, 2.05) is 6.92 Å². The molecule has 2 atom stereocenters. The molecule has 0 bridgehead atoms. The number of hydrogen-bond acceptors (Lipinski definition) is 2. The smallest absolute Gasteiger partial charge is 0.163 e. The van der Waals surface area contributed by atoms with E-state index in [1.54, 1.807) is 19.9 Å². The van der Waals surface area contributed by atoms with E-state index in [9.17, 15) is 13.9 Å². The van der Waals surface area contributed by atoms with E-state index < -0.39 is 17.2 Å². The van der Waals surface area contributed by atoms with Crippen molar-refractivity contribution >= 4 is 0 Å². The van der Waals surface area contributed by atoms with Gasteiger partial charge in [0.1, 0.15) is 0 Å². The third-order valence-electron chi connectivity index (χ3n) is 3.03. The molecule has 0 aliphatic heterocycles. The molecule has 0 fully saturated rings. The number of halogens is 2. The molecule has 0 heterocycles. The predicted octanol–water partition coefficient (Wildman–Crippen LogP) is 3.17. The quantitative estimate of drug-likeness (QED) is 0.820. The molecule has 0 aliphatic carbocycles. The maximum Gasteiger partial charge on any atom is 0.163 e. The van der Waals surface area contributed by atoms with Gasteiger partial charge >= 0.3 is 0 Å². The Morgan fingerprint density at radius 2 is 2.06 bits per heavy atom. The highest BCUT2D eigenvalue weighted by Crippen LogP contribution is 2.20. The summed E-state index contributed by atoms with van der Waals surface area (Å²) in [5.74, 6) is -1.67. The molecule has 18 heavy (non-hydrogen) atoms. The van der Waals surface area contributed by atoms with Crippen molar-refractivity contribution in [3.8, 4) is 0 Å². The fourth-order valence-corrected chi connectivity index (χ4v) is 1.96. The van der Waals surface area contributed by atoms with Crippen molar-refractivity contribution in [2.75, 3.05) is 6.54 Å². The first kappa shape index (κ1) is 15.1. The Labute approximate surface area is 107 Å². The first-order valence-corrected chi connectivity index (χ1v) is 6.27. The monoisotopic (exact) mass is 257 g/mol. The van der Waals surface area contributed by atoms with Crippen molar-refractivity contribution in [3.63, 3.8) is 0 Å². The summed E-state index contributed by atoms with van der Waals surface area (Å²) in [6.07, 6.45) is 1.54. The van der Waals surface area contributed by atoms with E-state index in [-0.39, 0.29) is 11.6 Å². The second-order valence-corrected chi connectivity index (χ2v) is 4.99. The Morgan fingerprint density at radius 1 is 1.39 bits per heavy atom. The van der Waals surface area contributed by atoms with Crippen LogP contribution in [-0.4, -0.2) is 17.3 Å². The predicted molar refractivity (Wildman–Crippen MR) is 68.3 cm³/mol. The van der Waals surface area contributed by atoms with Gasteiger partial charge in [-0.3, -0.25) is 0 Å². The third-order valence-corrected chi connectivity index (χ3v) is 3.03. The maximum absolute atomic E-state index is 13.5. The van der Waals surface area contributed by atoms with E-state index in [2.05, 4.69) is 5.32 Å². The second kappa shape index (κ2) is 6.25. The summed E-state index contributed by atoms with van der Waals surface area (Å²) in [5.41, 5.74) is -0.547. The van der Waals surface area contributed by atoms with Crippen LogP contribution in [0, 0.1) is 11.6 Å². The largest absolute Gasteiger partial charge is 0.389 e. The van der Waals surface area contributed by atoms with Gasteiger partial charge < -0.3 is 10.4 Å². The average molecular weight is 257 g/mol. The number of rotatable bonds is 6. The summed E-state index contributed by atoms with van der Waals surface area (Å²) >= 11 is 0. The van der Waals surface area contributed by atoms with Gasteiger partial charge in [-0.1, -0.05) is 25.5 Å². The molecule has 102 valence electrons. The molecule has 0 radical (unpaired) electrons. The number of hydrogen-bond donors (Lipinski definition) is 2. The fourth-order valence-electron chi connectivity index (χ4n) is 1.96. The summed E-state index contributed by atoms with van der Waals surface area (Å²) in [5, 5.41) is 13.0. The highest BCUT2D eigenvalue weighted by atomic mass is 19.2. The third kappa shape index (κ3) is 4.03. The van der Waals surface area contributed by atoms with Crippen LogP contribution in [0.25, 0.3) is 0 Å². The lowest BCUT2D eigenvalue weighted by atomic mass is 9.99. The summed E-state index contributed by atoms with van der Waals surface area (Å²) in [6.45, 7) is 5.82. The van der Waals surface area contributed by atoms with E-state index >= 15 is 0 Å². The molecule has 1 aromatic rings. The van der Waals surface area contributed by atoms with Crippen LogP contribution < -0.4 is 5.32 Å². The van der Waals surface area contributed by atoms with Gasteiger partial charge in [0.25, 0.3) is 0 Å².